The Morgan fingerprint density at radius 2 is 1.94 bits per heavy atom. The molecule has 1 aliphatic rings. The monoisotopic (exact) mass is 234 g/mol. The molecule has 0 aromatic heterocycles. The van der Waals surface area contributed by atoms with E-state index in [1.807, 2.05) is 25.2 Å². The molecule has 0 amide bonds. The zero-order valence-electron chi connectivity index (χ0n) is 10.7. The van der Waals surface area contributed by atoms with Gasteiger partial charge in [0, 0.05) is 30.7 Å². The predicted molar refractivity (Wildman–Crippen MR) is 70.1 cm³/mol. The van der Waals surface area contributed by atoms with Gasteiger partial charge in [0.05, 0.1) is 0 Å². The van der Waals surface area contributed by atoms with Gasteiger partial charge < -0.3 is 10.4 Å². The molecule has 17 heavy (non-hydrogen) atoms. The highest BCUT2D eigenvalue weighted by Crippen LogP contribution is 2.24. The molecule has 0 spiro atoms. The minimum Gasteiger partial charge on any atom is -0.508 e. The summed E-state index contributed by atoms with van der Waals surface area (Å²) in [7, 11) is 2.04. The average Bonchev–Trinajstić information content (AvgIpc) is 2.35. The Kier molecular flexibility index (Phi) is 3.69. The van der Waals surface area contributed by atoms with Crippen LogP contribution in [-0.2, 0) is 6.54 Å². The first-order chi connectivity index (χ1) is 8.13. The van der Waals surface area contributed by atoms with Crippen LogP contribution < -0.4 is 5.32 Å². The van der Waals surface area contributed by atoms with Crippen LogP contribution in [0.1, 0.15) is 25.3 Å². The summed E-state index contributed by atoms with van der Waals surface area (Å²) in [5, 5.41) is 13.2. The summed E-state index contributed by atoms with van der Waals surface area (Å²) in [5.74, 6) is 0.412. The normalized spacial score (nSPS) is 20.4. The molecule has 3 nitrogen and oxygen atoms in total. The van der Waals surface area contributed by atoms with Crippen molar-refractivity contribution in [3.05, 3.63) is 29.8 Å². The number of hydrogen-bond donors (Lipinski definition) is 2. The predicted octanol–water partition coefficient (Wildman–Crippen LogP) is 1.97. The molecule has 2 rings (SSSR count). The summed E-state index contributed by atoms with van der Waals surface area (Å²) in [6.45, 7) is 5.31. The van der Waals surface area contributed by atoms with Gasteiger partial charge in [0.1, 0.15) is 5.75 Å². The number of rotatable bonds is 3. The van der Waals surface area contributed by atoms with Crippen LogP contribution in [-0.4, -0.2) is 35.7 Å². The number of hydrogen-bond acceptors (Lipinski definition) is 3. The van der Waals surface area contributed by atoms with Gasteiger partial charge in [0.2, 0.25) is 0 Å². The molecule has 2 N–H and O–H groups in total. The molecule has 1 aromatic rings. The van der Waals surface area contributed by atoms with Gasteiger partial charge in [0.15, 0.2) is 0 Å². The quantitative estimate of drug-likeness (QED) is 0.839. The van der Waals surface area contributed by atoms with Crippen molar-refractivity contribution in [3.63, 3.8) is 0 Å². The molecule has 1 aliphatic heterocycles. The first-order valence-corrected chi connectivity index (χ1v) is 6.31. The van der Waals surface area contributed by atoms with Crippen LogP contribution in [0.25, 0.3) is 0 Å². The maximum atomic E-state index is 9.75. The minimum atomic E-state index is 0.287. The molecular formula is C14H22N2O. The van der Waals surface area contributed by atoms with E-state index in [-0.39, 0.29) is 5.54 Å². The van der Waals surface area contributed by atoms with E-state index in [0.717, 1.165) is 38.0 Å². The van der Waals surface area contributed by atoms with E-state index in [0.29, 0.717) is 5.75 Å². The third-order valence-corrected chi connectivity index (χ3v) is 3.95. The van der Waals surface area contributed by atoms with Gasteiger partial charge in [0.25, 0.3) is 0 Å². The van der Waals surface area contributed by atoms with E-state index < -0.39 is 0 Å². The molecule has 3 heteroatoms. The lowest BCUT2D eigenvalue weighted by Crippen LogP contribution is -2.49. The summed E-state index contributed by atoms with van der Waals surface area (Å²) in [4.78, 5) is 2.41. The number of phenolic OH excluding ortho intramolecular Hbond substituents is 1. The van der Waals surface area contributed by atoms with Crippen LogP contribution in [0.2, 0.25) is 0 Å². The highest BCUT2D eigenvalue weighted by atomic mass is 16.3. The van der Waals surface area contributed by atoms with Crippen LogP contribution in [0.15, 0.2) is 24.3 Å². The zero-order chi connectivity index (χ0) is 12.3. The van der Waals surface area contributed by atoms with Crippen molar-refractivity contribution in [2.75, 3.05) is 20.1 Å². The van der Waals surface area contributed by atoms with E-state index in [9.17, 15) is 5.11 Å². The lowest BCUT2D eigenvalue weighted by molar-refractivity contribution is 0.145. The summed E-state index contributed by atoms with van der Waals surface area (Å²) in [6.07, 6.45) is 2.33. The van der Waals surface area contributed by atoms with Gasteiger partial charge >= 0.3 is 0 Å². The Labute approximate surface area is 103 Å². The van der Waals surface area contributed by atoms with Gasteiger partial charge in [-0.2, -0.15) is 0 Å². The Morgan fingerprint density at radius 1 is 1.29 bits per heavy atom. The number of phenols is 1. The molecule has 94 valence electrons. The van der Waals surface area contributed by atoms with E-state index in [2.05, 4.69) is 17.1 Å². The van der Waals surface area contributed by atoms with Crippen LogP contribution in [0.5, 0.6) is 5.75 Å². The van der Waals surface area contributed by atoms with E-state index in [1.54, 1.807) is 6.07 Å². The van der Waals surface area contributed by atoms with Crippen LogP contribution in [0.3, 0.4) is 0 Å². The maximum Gasteiger partial charge on any atom is 0.120 e. The molecule has 0 unspecified atom stereocenters. The molecule has 0 saturated carbocycles. The number of para-hydroxylation sites is 1. The van der Waals surface area contributed by atoms with Crippen molar-refractivity contribution in [1.82, 2.24) is 10.2 Å². The standard InChI is InChI=1S/C14H22N2O/c1-14(15-2)7-9-16(10-8-14)11-12-5-3-4-6-13(12)17/h3-6,15,17H,7-11H2,1-2H3. The highest BCUT2D eigenvalue weighted by Gasteiger charge is 2.28. The molecule has 0 atom stereocenters. The first kappa shape index (κ1) is 12.4. The Hall–Kier alpha value is -1.06. The fourth-order valence-corrected chi connectivity index (χ4v) is 2.34. The van der Waals surface area contributed by atoms with Crippen LogP contribution in [0, 0.1) is 0 Å². The van der Waals surface area contributed by atoms with Crippen LogP contribution >= 0.6 is 0 Å². The first-order valence-electron chi connectivity index (χ1n) is 6.31. The van der Waals surface area contributed by atoms with Gasteiger partial charge in [-0.3, -0.25) is 4.90 Å². The second-order valence-corrected chi connectivity index (χ2v) is 5.22. The minimum absolute atomic E-state index is 0.287. The Bertz CT molecular complexity index is 370. The topological polar surface area (TPSA) is 35.5 Å². The number of piperidine rings is 1. The summed E-state index contributed by atoms with van der Waals surface area (Å²) in [5.41, 5.74) is 1.32. The van der Waals surface area contributed by atoms with Gasteiger partial charge in [-0.25, -0.2) is 0 Å². The molecule has 0 aliphatic carbocycles. The van der Waals surface area contributed by atoms with Crippen molar-refractivity contribution >= 4 is 0 Å². The smallest absolute Gasteiger partial charge is 0.120 e. The third-order valence-electron chi connectivity index (χ3n) is 3.95. The SMILES string of the molecule is CNC1(C)CCN(Cc2ccccc2O)CC1. The molecule has 0 radical (unpaired) electrons. The average molecular weight is 234 g/mol. The summed E-state index contributed by atoms with van der Waals surface area (Å²) >= 11 is 0. The number of nitrogens with zero attached hydrogens (tertiary/aromatic N) is 1. The van der Waals surface area contributed by atoms with Gasteiger partial charge in [-0.05, 0) is 32.9 Å². The van der Waals surface area contributed by atoms with Crippen LogP contribution in [0.4, 0.5) is 0 Å². The number of aromatic hydroxyl groups is 1. The second-order valence-electron chi connectivity index (χ2n) is 5.22. The zero-order valence-corrected chi connectivity index (χ0v) is 10.7. The molecule has 1 aromatic carbocycles. The van der Waals surface area contributed by atoms with E-state index in [1.165, 1.54) is 0 Å². The number of benzene rings is 1. The lowest BCUT2D eigenvalue weighted by atomic mass is 9.90. The molecule has 1 saturated heterocycles. The maximum absolute atomic E-state index is 9.75. The van der Waals surface area contributed by atoms with E-state index >= 15 is 0 Å². The largest absolute Gasteiger partial charge is 0.508 e. The fraction of sp³-hybridized carbons (Fsp3) is 0.571. The van der Waals surface area contributed by atoms with Crippen molar-refractivity contribution in [3.8, 4) is 5.75 Å². The lowest BCUT2D eigenvalue weighted by Gasteiger charge is -2.39. The fourth-order valence-electron chi connectivity index (χ4n) is 2.34. The Morgan fingerprint density at radius 3 is 2.53 bits per heavy atom. The number of nitrogens with one attached hydrogen (secondary N) is 1. The van der Waals surface area contributed by atoms with Crippen molar-refractivity contribution in [2.24, 2.45) is 0 Å². The van der Waals surface area contributed by atoms with E-state index in [4.69, 9.17) is 0 Å². The van der Waals surface area contributed by atoms with Crippen molar-refractivity contribution < 1.29 is 5.11 Å². The van der Waals surface area contributed by atoms with Crippen molar-refractivity contribution in [1.29, 1.82) is 0 Å². The van der Waals surface area contributed by atoms with Gasteiger partial charge in [-0.15, -0.1) is 0 Å². The summed E-state index contributed by atoms with van der Waals surface area (Å²) in [6, 6.07) is 7.61. The second kappa shape index (κ2) is 5.07. The van der Waals surface area contributed by atoms with Gasteiger partial charge in [-0.1, -0.05) is 18.2 Å². The molecule has 0 bridgehead atoms. The van der Waals surface area contributed by atoms with Crippen molar-refractivity contribution in [2.45, 2.75) is 31.8 Å². The summed E-state index contributed by atoms with van der Waals surface area (Å²) < 4.78 is 0. The molecular weight excluding hydrogens is 212 g/mol. The highest BCUT2D eigenvalue weighted by molar-refractivity contribution is 5.31. The number of likely N-dealkylation sites (tertiary alicyclic amines) is 1. The molecule has 1 fully saturated rings. The molecule has 1 heterocycles. The third kappa shape index (κ3) is 2.99. The Balaban J connectivity index is 1.93.